The third-order valence-corrected chi connectivity index (χ3v) is 5.02. The van der Waals surface area contributed by atoms with Gasteiger partial charge in [0.05, 0.1) is 0 Å². The maximum Gasteiger partial charge on any atom is 0.434 e. The average Bonchev–Trinajstić information content (AvgIpc) is 3.42. The molecule has 2 aliphatic rings. The second-order valence-electron chi connectivity index (χ2n) is 6.72. The van der Waals surface area contributed by atoms with Gasteiger partial charge in [-0.25, -0.2) is 14.9 Å². The van der Waals surface area contributed by atoms with Crippen molar-refractivity contribution >= 4 is 0 Å². The number of aromatic amines is 1. The van der Waals surface area contributed by atoms with Gasteiger partial charge in [0.1, 0.15) is 0 Å². The van der Waals surface area contributed by atoms with E-state index in [4.69, 9.17) is 13.9 Å². The van der Waals surface area contributed by atoms with Gasteiger partial charge in [0.25, 0.3) is 5.88 Å². The monoisotopic (exact) mass is 366 g/mol. The van der Waals surface area contributed by atoms with Crippen molar-refractivity contribution < 1.29 is 13.9 Å². The highest BCUT2D eigenvalue weighted by Crippen LogP contribution is 2.38. The van der Waals surface area contributed by atoms with Gasteiger partial charge in [-0.05, 0) is 48.7 Å². The summed E-state index contributed by atoms with van der Waals surface area (Å²) in [6.07, 6.45) is 4.13. The van der Waals surface area contributed by atoms with Gasteiger partial charge in [-0.1, -0.05) is 12.1 Å². The minimum Gasteiger partial charge on any atom is -0.452 e. The normalized spacial score (nSPS) is 18.9. The van der Waals surface area contributed by atoms with Gasteiger partial charge >= 0.3 is 5.76 Å². The Morgan fingerprint density at radius 1 is 1.22 bits per heavy atom. The van der Waals surface area contributed by atoms with Crippen LogP contribution in [-0.4, -0.2) is 33.4 Å². The SMILES string of the molecule is O=c1[nH]nc(-c2ccc(CN3CCC[C@H]3c3cnc4c(c3)OCO4)cc2)o1. The average molecular weight is 366 g/mol. The lowest BCUT2D eigenvalue weighted by atomic mass is 10.1. The van der Waals surface area contributed by atoms with E-state index in [0.717, 1.165) is 42.8 Å². The molecule has 3 aromatic rings. The highest BCUT2D eigenvalue weighted by molar-refractivity contribution is 5.52. The Balaban J connectivity index is 1.33. The molecule has 1 aromatic carbocycles. The van der Waals surface area contributed by atoms with E-state index in [-0.39, 0.29) is 6.79 Å². The van der Waals surface area contributed by atoms with Crippen molar-refractivity contribution in [2.45, 2.75) is 25.4 Å². The quantitative estimate of drug-likeness (QED) is 0.758. The van der Waals surface area contributed by atoms with Crippen molar-refractivity contribution in [3.63, 3.8) is 0 Å². The van der Waals surface area contributed by atoms with E-state index in [1.807, 2.05) is 36.5 Å². The zero-order valence-electron chi connectivity index (χ0n) is 14.6. The van der Waals surface area contributed by atoms with Crippen LogP contribution in [-0.2, 0) is 6.54 Å². The largest absolute Gasteiger partial charge is 0.452 e. The van der Waals surface area contributed by atoms with E-state index < -0.39 is 5.76 Å². The molecule has 2 aromatic heterocycles. The molecule has 0 unspecified atom stereocenters. The molecule has 1 atom stereocenters. The van der Waals surface area contributed by atoms with Crippen LogP contribution in [0, 0.1) is 0 Å². The molecule has 27 heavy (non-hydrogen) atoms. The maximum absolute atomic E-state index is 11.1. The number of aromatic nitrogens is 3. The molecule has 1 N–H and O–H groups in total. The lowest BCUT2D eigenvalue weighted by Gasteiger charge is -2.24. The first-order chi connectivity index (χ1) is 13.3. The zero-order valence-corrected chi connectivity index (χ0v) is 14.6. The second-order valence-corrected chi connectivity index (χ2v) is 6.72. The van der Waals surface area contributed by atoms with E-state index in [9.17, 15) is 4.79 Å². The number of hydrogen-bond acceptors (Lipinski definition) is 7. The van der Waals surface area contributed by atoms with E-state index >= 15 is 0 Å². The molecule has 5 rings (SSSR count). The minimum atomic E-state index is -0.550. The van der Waals surface area contributed by atoms with Gasteiger partial charge < -0.3 is 13.9 Å². The highest BCUT2D eigenvalue weighted by atomic mass is 16.7. The molecular weight excluding hydrogens is 348 g/mol. The van der Waals surface area contributed by atoms with Crippen LogP contribution >= 0.6 is 0 Å². The number of ether oxygens (including phenoxy) is 2. The first-order valence-electron chi connectivity index (χ1n) is 8.91. The first kappa shape index (κ1) is 16.1. The predicted octanol–water partition coefficient (Wildman–Crippen LogP) is 2.49. The summed E-state index contributed by atoms with van der Waals surface area (Å²) in [5.41, 5.74) is 3.12. The van der Waals surface area contributed by atoms with Crippen LogP contribution in [0.5, 0.6) is 11.6 Å². The molecule has 0 saturated carbocycles. The summed E-state index contributed by atoms with van der Waals surface area (Å²) >= 11 is 0. The molecule has 138 valence electrons. The van der Waals surface area contributed by atoms with Crippen LogP contribution in [0.3, 0.4) is 0 Å². The van der Waals surface area contributed by atoms with Crippen molar-refractivity contribution in [2.75, 3.05) is 13.3 Å². The van der Waals surface area contributed by atoms with Gasteiger partial charge in [0.15, 0.2) is 5.75 Å². The lowest BCUT2D eigenvalue weighted by Crippen LogP contribution is -2.22. The number of likely N-dealkylation sites (tertiary alicyclic amines) is 1. The molecule has 0 spiro atoms. The lowest BCUT2D eigenvalue weighted by molar-refractivity contribution is 0.171. The summed E-state index contributed by atoms with van der Waals surface area (Å²) < 4.78 is 15.8. The summed E-state index contributed by atoms with van der Waals surface area (Å²) in [5.74, 6) is 1.05. The maximum atomic E-state index is 11.1. The van der Waals surface area contributed by atoms with Crippen molar-refractivity contribution in [2.24, 2.45) is 0 Å². The van der Waals surface area contributed by atoms with Crippen LogP contribution in [0.4, 0.5) is 0 Å². The van der Waals surface area contributed by atoms with E-state index in [2.05, 4.69) is 20.1 Å². The second kappa shape index (κ2) is 6.55. The summed E-state index contributed by atoms with van der Waals surface area (Å²) in [5, 5.41) is 6.13. The fourth-order valence-corrected chi connectivity index (χ4v) is 3.72. The molecule has 1 saturated heterocycles. The van der Waals surface area contributed by atoms with Crippen LogP contribution in [0.1, 0.15) is 30.0 Å². The van der Waals surface area contributed by atoms with E-state index in [1.165, 1.54) is 5.56 Å². The van der Waals surface area contributed by atoms with Crippen LogP contribution in [0.2, 0.25) is 0 Å². The Hall–Kier alpha value is -3.13. The van der Waals surface area contributed by atoms with Gasteiger partial charge in [-0.2, -0.15) is 0 Å². The summed E-state index contributed by atoms with van der Waals surface area (Å²) in [4.78, 5) is 17.9. The summed E-state index contributed by atoms with van der Waals surface area (Å²) in [6, 6.07) is 10.3. The Kier molecular flexibility index (Phi) is 3.90. The van der Waals surface area contributed by atoms with Gasteiger partial charge in [-0.15, -0.1) is 5.10 Å². The Bertz CT molecular complexity index is 1010. The van der Waals surface area contributed by atoms with E-state index in [0.29, 0.717) is 17.8 Å². The van der Waals surface area contributed by atoms with Crippen molar-refractivity contribution in [1.29, 1.82) is 0 Å². The van der Waals surface area contributed by atoms with Crippen LogP contribution in [0.15, 0.2) is 45.7 Å². The number of H-pyrrole nitrogens is 1. The number of fused-ring (bicyclic) bond motifs is 1. The molecule has 0 amide bonds. The third-order valence-electron chi connectivity index (χ3n) is 5.02. The van der Waals surface area contributed by atoms with Crippen molar-refractivity contribution in [1.82, 2.24) is 20.1 Å². The number of pyridine rings is 1. The molecule has 1 fully saturated rings. The van der Waals surface area contributed by atoms with Gasteiger partial charge in [0.2, 0.25) is 12.7 Å². The minimum absolute atomic E-state index is 0.239. The summed E-state index contributed by atoms with van der Waals surface area (Å²) in [6.45, 7) is 2.11. The van der Waals surface area contributed by atoms with E-state index in [1.54, 1.807) is 0 Å². The first-order valence-corrected chi connectivity index (χ1v) is 8.91. The molecule has 2 aliphatic heterocycles. The predicted molar refractivity (Wildman–Crippen MR) is 95.3 cm³/mol. The Morgan fingerprint density at radius 2 is 2.11 bits per heavy atom. The fraction of sp³-hybridized carbons (Fsp3) is 0.316. The Morgan fingerprint density at radius 3 is 2.93 bits per heavy atom. The zero-order chi connectivity index (χ0) is 18.2. The molecule has 8 heteroatoms. The molecule has 0 aliphatic carbocycles. The van der Waals surface area contributed by atoms with Crippen molar-refractivity contribution in [3.05, 3.63) is 58.2 Å². The number of nitrogens with zero attached hydrogens (tertiary/aromatic N) is 3. The molecular formula is C19H18N4O4. The standard InChI is InChI=1S/C19H18N4O4/c24-19-22-21-17(27-19)13-5-3-12(4-6-13)10-23-7-1-2-15(23)14-8-16-18(20-9-14)26-11-25-16/h3-6,8-9,15H,1-2,7,10-11H2,(H,22,24)/t15-/m0/s1. The smallest absolute Gasteiger partial charge is 0.434 e. The third kappa shape index (κ3) is 3.08. The number of nitrogens with one attached hydrogen (secondary N) is 1. The van der Waals surface area contributed by atoms with Gasteiger partial charge in [-0.3, -0.25) is 4.90 Å². The number of hydrogen-bond donors (Lipinski definition) is 1. The molecule has 0 radical (unpaired) electrons. The topological polar surface area (TPSA) is 93.5 Å². The number of rotatable bonds is 4. The molecule has 0 bridgehead atoms. The van der Waals surface area contributed by atoms with Gasteiger partial charge in [0, 0.05) is 24.3 Å². The summed E-state index contributed by atoms with van der Waals surface area (Å²) in [7, 11) is 0. The fourth-order valence-electron chi connectivity index (χ4n) is 3.72. The van der Waals surface area contributed by atoms with Crippen molar-refractivity contribution in [3.8, 4) is 23.1 Å². The number of benzene rings is 1. The van der Waals surface area contributed by atoms with Crippen LogP contribution < -0.4 is 15.2 Å². The molecule has 4 heterocycles. The molecule has 8 nitrogen and oxygen atoms in total. The highest BCUT2D eigenvalue weighted by Gasteiger charge is 2.28. The van der Waals surface area contributed by atoms with Crippen LogP contribution in [0.25, 0.3) is 11.5 Å². The Labute approximate surface area is 154 Å².